The zero-order chi connectivity index (χ0) is 18.5. The molecule has 0 fully saturated rings. The summed E-state index contributed by atoms with van der Waals surface area (Å²) in [5, 5.41) is 3.10. The number of amides is 1. The van der Waals surface area contributed by atoms with E-state index in [0.717, 1.165) is 24.8 Å². The Morgan fingerprint density at radius 3 is 2.77 bits per heavy atom. The molecule has 0 saturated heterocycles. The van der Waals surface area contributed by atoms with Crippen molar-refractivity contribution >= 4 is 11.7 Å². The van der Waals surface area contributed by atoms with E-state index >= 15 is 0 Å². The molecule has 0 bridgehead atoms. The van der Waals surface area contributed by atoms with Gasteiger partial charge in [-0.2, -0.15) is 0 Å². The van der Waals surface area contributed by atoms with Crippen LogP contribution in [0.2, 0.25) is 0 Å². The molecule has 1 N–H and O–H groups in total. The van der Waals surface area contributed by atoms with Crippen LogP contribution in [0, 0.1) is 6.92 Å². The number of Topliss-reactive ketones (excluding diaryl/α,β-unsaturated/α-hetero) is 1. The number of aryl methyl sites for hydroxylation is 2. The van der Waals surface area contributed by atoms with Crippen molar-refractivity contribution in [3.8, 4) is 5.75 Å². The molecule has 1 atom stereocenters. The summed E-state index contributed by atoms with van der Waals surface area (Å²) < 4.78 is 5.27. The van der Waals surface area contributed by atoms with Crippen molar-refractivity contribution in [1.29, 1.82) is 0 Å². The van der Waals surface area contributed by atoms with Gasteiger partial charge in [-0.15, -0.1) is 0 Å². The van der Waals surface area contributed by atoms with Crippen LogP contribution in [-0.2, 0) is 11.2 Å². The highest BCUT2D eigenvalue weighted by Crippen LogP contribution is 2.29. The van der Waals surface area contributed by atoms with E-state index in [4.69, 9.17) is 4.74 Å². The number of ketones is 1. The molecule has 2 aromatic carbocycles. The first-order valence-electron chi connectivity index (χ1n) is 9.13. The van der Waals surface area contributed by atoms with E-state index in [0.29, 0.717) is 11.3 Å². The summed E-state index contributed by atoms with van der Waals surface area (Å²) in [5.41, 5.74) is 4.06. The molecule has 0 radical (unpaired) electrons. The summed E-state index contributed by atoms with van der Waals surface area (Å²) in [6.45, 7) is 1.93. The zero-order valence-electron chi connectivity index (χ0n) is 15.4. The topological polar surface area (TPSA) is 55.4 Å². The highest BCUT2D eigenvalue weighted by Gasteiger charge is 2.22. The zero-order valence-corrected chi connectivity index (χ0v) is 15.4. The van der Waals surface area contributed by atoms with Crippen LogP contribution in [0.15, 0.2) is 42.5 Å². The predicted molar refractivity (Wildman–Crippen MR) is 102 cm³/mol. The molecular formula is C22H25NO3. The second kappa shape index (κ2) is 8.17. The lowest BCUT2D eigenvalue weighted by atomic mass is 9.87. The maximum absolute atomic E-state index is 12.5. The molecule has 2 aromatic rings. The molecule has 1 amide bonds. The number of hydrogen-bond donors (Lipinski definition) is 1. The van der Waals surface area contributed by atoms with Gasteiger partial charge in [0, 0.05) is 12.8 Å². The number of fused-ring (bicyclic) bond motifs is 1. The number of methoxy groups -OCH3 is 1. The molecule has 136 valence electrons. The van der Waals surface area contributed by atoms with E-state index < -0.39 is 0 Å². The Bertz CT molecular complexity index is 813. The second-order valence-electron chi connectivity index (χ2n) is 6.84. The van der Waals surface area contributed by atoms with Gasteiger partial charge in [-0.3, -0.25) is 9.59 Å². The van der Waals surface area contributed by atoms with Gasteiger partial charge in [-0.1, -0.05) is 35.9 Å². The number of rotatable bonds is 6. The fraction of sp³-hybridized carbons (Fsp3) is 0.364. The highest BCUT2D eigenvalue weighted by atomic mass is 16.5. The van der Waals surface area contributed by atoms with Crippen molar-refractivity contribution < 1.29 is 14.3 Å². The Labute approximate surface area is 154 Å². The average molecular weight is 351 g/mol. The molecule has 0 unspecified atom stereocenters. The van der Waals surface area contributed by atoms with Crippen molar-refractivity contribution in [2.45, 2.75) is 45.1 Å². The van der Waals surface area contributed by atoms with E-state index in [9.17, 15) is 9.59 Å². The van der Waals surface area contributed by atoms with Crippen molar-refractivity contribution in [2.75, 3.05) is 7.11 Å². The van der Waals surface area contributed by atoms with E-state index in [2.05, 4.69) is 17.4 Å². The maximum atomic E-state index is 12.5. The molecule has 0 aliphatic heterocycles. The summed E-state index contributed by atoms with van der Waals surface area (Å²) in [7, 11) is 1.55. The molecule has 0 spiro atoms. The van der Waals surface area contributed by atoms with E-state index in [1.165, 1.54) is 11.1 Å². The summed E-state index contributed by atoms with van der Waals surface area (Å²) >= 11 is 0. The number of benzene rings is 2. The van der Waals surface area contributed by atoms with E-state index in [1.54, 1.807) is 13.2 Å². The minimum atomic E-state index is -0.0772. The van der Waals surface area contributed by atoms with Crippen LogP contribution in [0.25, 0.3) is 0 Å². The third-order valence-corrected chi connectivity index (χ3v) is 4.94. The monoisotopic (exact) mass is 351 g/mol. The van der Waals surface area contributed by atoms with Crippen LogP contribution in [0.4, 0.5) is 0 Å². The lowest BCUT2D eigenvalue weighted by molar-refractivity contribution is -0.121. The number of carbonyl (C=O) groups excluding carboxylic acids is 2. The maximum Gasteiger partial charge on any atom is 0.220 e. The molecule has 3 rings (SSSR count). The number of hydrogen-bond acceptors (Lipinski definition) is 3. The van der Waals surface area contributed by atoms with Crippen molar-refractivity contribution in [1.82, 2.24) is 5.32 Å². The quantitative estimate of drug-likeness (QED) is 0.795. The SMILES string of the molecule is COc1ccc(C)cc1C(=O)CCC(=O)N[C@@H]1CCCc2ccccc21. The third-order valence-electron chi connectivity index (χ3n) is 4.94. The van der Waals surface area contributed by atoms with Gasteiger partial charge in [0.05, 0.1) is 18.7 Å². The van der Waals surface area contributed by atoms with Crippen LogP contribution in [0.5, 0.6) is 5.75 Å². The molecule has 1 aliphatic rings. The Balaban J connectivity index is 1.60. The highest BCUT2D eigenvalue weighted by molar-refractivity contribution is 6.00. The van der Waals surface area contributed by atoms with Gasteiger partial charge in [0.1, 0.15) is 5.75 Å². The fourth-order valence-corrected chi connectivity index (χ4v) is 3.57. The number of nitrogens with one attached hydrogen (secondary N) is 1. The first kappa shape index (κ1) is 18.2. The lowest BCUT2D eigenvalue weighted by Gasteiger charge is -2.26. The smallest absolute Gasteiger partial charge is 0.220 e. The van der Waals surface area contributed by atoms with Gasteiger partial charge in [0.25, 0.3) is 0 Å². The normalized spacial score (nSPS) is 15.8. The standard InChI is InChI=1S/C22H25NO3/c1-15-10-12-21(26-2)18(14-15)20(24)11-13-22(25)23-19-9-5-7-16-6-3-4-8-17(16)19/h3-4,6,8,10,12,14,19H,5,7,9,11,13H2,1-2H3,(H,23,25)/t19-/m1/s1. The third kappa shape index (κ3) is 4.13. The Hall–Kier alpha value is -2.62. The minimum Gasteiger partial charge on any atom is -0.496 e. The first-order valence-corrected chi connectivity index (χ1v) is 9.13. The van der Waals surface area contributed by atoms with Crippen LogP contribution in [0.1, 0.15) is 58.8 Å². The summed E-state index contributed by atoms with van der Waals surface area (Å²) in [4.78, 5) is 24.9. The van der Waals surface area contributed by atoms with Crippen LogP contribution >= 0.6 is 0 Å². The van der Waals surface area contributed by atoms with Gasteiger partial charge < -0.3 is 10.1 Å². The molecule has 0 aromatic heterocycles. The van der Waals surface area contributed by atoms with Gasteiger partial charge in [0.2, 0.25) is 5.91 Å². The Morgan fingerprint density at radius 1 is 1.15 bits per heavy atom. The Morgan fingerprint density at radius 2 is 1.96 bits per heavy atom. The van der Waals surface area contributed by atoms with Gasteiger partial charge in [-0.05, 0) is 49.4 Å². The largest absolute Gasteiger partial charge is 0.496 e. The first-order chi connectivity index (χ1) is 12.6. The molecule has 0 heterocycles. The molecule has 26 heavy (non-hydrogen) atoms. The van der Waals surface area contributed by atoms with Gasteiger partial charge >= 0.3 is 0 Å². The van der Waals surface area contributed by atoms with Crippen molar-refractivity contribution in [3.05, 3.63) is 64.7 Å². The fourth-order valence-electron chi connectivity index (χ4n) is 3.57. The number of carbonyl (C=O) groups is 2. The van der Waals surface area contributed by atoms with Crippen molar-refractivity contribution in [3.63, 3.8) is 0 Å². The molecular weight excluding hydrogens is 326 g/mol. The van der Waals surface area contributed by atoms with Crippen molar-refractivity contribution in [2.24, 2.45) is 0 Å². The molecule has 1 aliphatic carbocycles. The summed E-state index contributed by atoms with van der Waals surface area (Å²) in [6, 6.07) is 13.8. The molecule has 4 nitrogen and oxygen atoms in total. The average Bonchev–Trinajstić information content (AvgIpc) is 2.66. The van der Waals surface area contributed by atoms with Crippen LogP contribution < -0.4 is 10.1 Å². The van der Waals surface area contributed by atoms with Gasteiger partial charge in [-0.25, -0.2) is 0 Å². The predicted octanol–water partition coefficient (Wildman–Crippen LogP) is 4.16. The molecule has 4 heteroatoms. The van der Waals surface area contributed by atoms with Crippen LogP contribution in [-0.4, -0.2) is 18.8 Å². The minimum absolute atomic E-state index is 0.0519. The number of ether oxygens (including phenoxy) is 1. The summed E-state index contributed by atoms with van der Waals surface area (Å²) in [5.74, 6) is 0.415. The molecule has 0 saturated carbocycles. The van der Waals surface area contributed by atoms with Crippen LogP contribution in [0.3, 0.4) is 0 Å². The van der Waals surface area contributed by atoms with E-state index in [-0.39, 0.29) is 30.6 Å². The lowest BCUT2D eigenvalue weighted by Crippen LogP contribution is -2.31. The second-order valence-corrected chi connectivity index (χ2v) is 6.84. The Kier molecular flexibility index (Phi) is 5.71. The summed E-state index contributed by atoms with van der Waals surface area (Å²) in [6.07, 6.45) is 3.45. The van der Waals surface area contributed by atoms with E-state index in [1.807, 2.05) is 31.2 Å². The van der Waals surface area contributed by atoms with Gasteiger partial charge in [0.15, 0.2) is 5.78 Å².